The average Bonchev–Trinajstić information content (AvgIpc) is 2.95. The van der Waals surface area contributed by atoms with Crippen LogP contribution in [0, 0.1) is 5.92 Å². The van der Waals surface area contributed by atoms with E-state index in [0.717, 1.165) is 29.5 Å². The minimum absolute atomic E-state index is 0.0741. The van der Waals surface area contributed by atoms with E-state index in [1.165, 1.54) is 19.1 Å². The van der Waals surface area contributed by atoms with Gasteiger partial charge in [-0.1, -0.05) is 61.2 Å². The van der Waals surface area contributed by atoms with Crippen LogP contribution in [0.25, 0.3) is 5.57 Å². The Labute approximate surface area is 161 Å². The Morgan fingerprint density at radius 2 is 1.70 bits per heavy atom. The lowest BCUT2D eigenvalue weighted by atomic mass is 9.76. The van der Waals surface area contributed by atoms with Gasteiger partial charge in [0.2, 0.25) is 0 Å². The second-order valence-electron chi connectivity index (χ2n) is 7.82. The number of piperidine rings is 1. The molecule has 2 aliphatic rings. The lowest BCUT2D eigenvalue weighted by Crippen LogP contribution is -2.49. The Morgan fingerprint density at radius 1 is 1.04 bits per heavy atom. The maximum absolute atomic E-state index is 12.6. The van der Waals surface area contributed by atoms with E-state index in [0.29, 0.717) is 12.1 Å². The molecule has 2 aromatic carbocycles. The normalized spacial score (nSPS) is 27.3. The van der Waals surface area contributed by atoms with Crippen LogP contribution in [-0.4, -0.2) is 37.1 Å². The summed E-state index contributed by atoms with van der Waals surface area (Å²) in [6, 6.07) is 19.7. The molecule has 27 heavy (non-hydrogen) atoms. The molecule has 2 fully saturated rings. The molecule has 0 N–H and O–H groups in total. The number of hydrogen-bond acceptors (Lipinski definition) is 3. The molecule has 0 saturated carbocycles. The average molecular weight is 361 g/mol. The third kappa shape index (κ3) is 3.21. The van der Waals surface area contributed by atoms with Gasteiger partial charge in [0.05, 0.1) is 13.0 Å². The molecule has 0 amide bonds. The fourth-order valence-electron chi connectivity index (χ4n) is 5.00. The van der Waals surface area contributed by atoms with Crippen molar-refractivity contribution in [2.24, 2.45) is 5.92 Å². The summed E-state index contributed by atoms with van der Waals surface area (Å²) in [4.78, 5) is 15.0. The smallest absolute Gasteiger partial charge is 0.310 e. The number of esters is 1. The third-order valence-electron chi connectivity index (χ3n) is 6.55. The van der Waals surface area contributed by atoms with Gasteiger partial charge in [-0.25, -0.2) is 0 Å². The first-order chi connectivity index (χ1) is 13.1. The second kappa shape index (κ2) is 7.32. The summed E-state index contributed by atoms with van der Waals surface area (Å²) in [5, 5.41) is 0. The molecule has 3 nitrogen and oxygen atoms in total. The number of methoxy groups -OCH3 is 1. The molecule has 0 aromatic heterocycles. The molecule has 2 unspecified atom stereocenters. The number of ether oxygens (including phenoxy) is 1. The van der Waals surface area contributed by atoms with Gasteiger partial charge < -0.3 is 4.74 Å². The van der Waals surface area contributed by atoms with Gasteiger partial charge in [0.25, 0.3) is 0 Å². The predicted octanol–water partition coefficient (Wildman–Crippen LogP) is 4.49. The minimum Gasteiger partial charge on any atom is -0.469 e. The fourth-order valence-corrected chi connectivity index (χ4v) is 5.00. The van der Waals surface area contributed by atoms with Crippen molar-refractivity contribution in [3.05, 3.63) is 77.9 Å². The van der Waals surface area contributed by atoms with Gasteiger partial charge in [-0.2, -0.15) is 0 Å². The van der Waals surface area contributed by atoms with Crippen molar-refractivity contribution in [2.75, 3.05) is 14.2 Å². The van der Waals surface area contributed by atoms with Crippen molar-refractivity contribution in [1.29, 1.82) is 0 Å². The summed E-state index contributed by atoms with van der Waals surface area (Å²) < 4.78 is 5.18. The molecule has 4 atom stereocenters. The SMILES string of the molecule is C=C(c1ccccc1)c1ccc([C@H]2C[C@H]3CCC(C2C(=O)OC)N3C)cc1. The highest BCUT2D eigenvalue weighted by molar-refractivity contribution is 5.78. The van der Waals surface area contributed by atoms with Crippen LogP contribution in [-0.2, 0) is 9.53 Å². The highest BCUT2D eigenvalue weighted by Crippen LogP contribution is 2.46. The molecule has 0 aliphatic carbocycles. The van der Waals surface area contributed by atoms with Crippen LogP contribution < -0.4 is 0 Å². The van der Waals surface area contributed by atoms with Crippen LogP contribution in [0.2, 0.25) is 0 Å². The van der Waals surface area contributed by atoms with E-state index < -0.39 is 0 Å². The maximum atomic E-state index is 12.6. The molecule has 2 heterocycles. The first kappa shape index (κ1) is 18.0. The third-order valence-corrected chi connectivity index (χ3v) is 6.55. The van der Waals surface area contributed by atoms with Gasteiger partial charge in [-0.3, -0.25) is 9.69 Å². The summed E-state index contributed by atoms with van der Waals surface area (Å²) in [5.74, 6) is 0.0714. The lowest BCUT2D eigenvalue weighted by molar-refractivity contribution is -0.150. The van der Waals surface area contributed by atoms with Crippen molar-refractivity contribution in [1.82, 2.24) is 4.90 Å². The number of carbonyl (C=O) groups excluding carboxylic acids is 1. The molecule has 2 saturated heterocycles. The van der Waals surface area contributed by atoms with Crippen molar-refractivity contribution in [2.45, 2.75) is 37.3 Å². The molecule has 3 heteroatoms. The van der Waals surface area contributed by atoms with Crippen molar-refractivity contribution >= 4 is 11.5 Å². The Morgan fingerprint density at radius 3 is 2.37 bits per heavy atom. The van der Waals surface area contributed by atoms with E-state index in [2.05, 4.69) is 54.9 Å². The van der Waals surface area contributed by atoms with Crippen LogP contribution in [0.3, 0.4) is 0 Å². The number of carbonyl (C=O) groups is 1. The number of rotatable bonds is 4. The van der Waals surface area contributed by atoms with E-state index >= 15 is 0 Å². The molecule has 0 radical (unpaired) electrons. The second-order valence-corrected chi connectivity index (χ2v) is 7.82. The fraction of sp³-hybridized carbons (Fsp3) is 0.375. The predicted molar refractivity (Wildman–Crippen MR) is 108 cm³/mol. The highest BCUT2D eigenvalue weighted by atomic mass is 16.5. The minimum atomic E-state index is -0.0816. The first-order valence-corrected chi connectivity index (χ1v) is 9.74. The Hall–Kier alpha value is -2.39. The maximum Gasteiger partial charge on any atom is 0.310 e. The van der Waals surface area contributed by atoms with Gasteiger partial charge in [0, 0.05) is 18.0 Å². The zero-order valence-electron chi connectivity index (χ0n) is 16.1. The molecule has 0 spiro atoms. The molecule has 2 bridgehead atoms. The lowest BCUT2D eigenvalue weighted by Gasteiger charge is -2.41. The summed E-state index contributed by atoms with van der Waals surface area (Å²) in [5.41, 5.74) is 4.51. The quantitative estimate of drug-likeness (QED) is 0.752. The van der Waals surface area contributed by atoms with Crippen LogP contribution in [0.1, 0.15) is 41.9 Å². The summed E-state index contributed by atoms with van der Waals surface area (Å²) in [6.45, 7) is 4.26. The van der Waals surface area contributed by atoms with Crippen LogP contribution in [0.15, 0.2) is 61.2 Å². The number of fused-ring (bicyclic) bond motifs is 2. The van der Waals surface area contributed by atoms with E-state index in [9.17, 15) is 4.79 Å². The first-order valence-electron chi connectivity index (χ1n) is 9.74. The van der Waals surface area contributed by atoms with E-state index in [4.69, 9.17) is 4.74 Å². The van der Waals surface area contributed by atoms with Gasteiger partial charge in [-0.05, 0) is 48.6 Å². The van der Waals surface area contributed by atoms with Gasteiger partial charge >= 0.3 is 5.97 Å². The van der Waals surface area contributed by atoms with Crippen molar-refractivity contribution in [3.63, 3.8) is 0 Å². The Bertz CT molecular complexity index is 827. The molecule has 2 aromatic rings. The summed E-state index contributed by atoms with van der Waals surface area (Å²) >= 11 is 0. The molecular weight excluding hydrogens is 334 g/mol. The molecule has 4 rings (SSSR count). The summed E-state index contributed by atoms with van der Waals surface area (Å²) in [7, 11) is 3.66. The van der Waals surface area contributed by atoms with Gasteiger partial charge in [-0.15, -0.1) is 0 Å². The van der Waals surface area contributed by atoms with Crippen LogP contribution >= 0.6 is 0 Å². The number of hydrogen-bond donors (Lipinski definition) is 0. The zero-order chi connectivity index (χ0) is 19.0. The summed E-state index contributed by atoms with van der Waals surface area (Å²) in [6.07, 6.45) is 3.28. The van der Waals surface area contributed by atoms with E-state index in [1.807, 2.05) is 18.2 Å². The van der Waals surface area contributed by atoms with Crippen molar-refractivity contribution < 1.29 is 9.53 Å². The topological polar surface area (TPSA) is 29.5 Å². The van der Waals surface area contributed by atoms with Gasteiger partial charge in [0.15, 0.2) is 0 Å². The number of nitrogens with zero attached hydrogens (tertiary/aromatic N) is 1. The van der Waals surface area contributed by atoms with E-state index in [1.54, 1.807) is 0 Å². The molecule has 140 valence electrons. The molecular formula is C24H27NO2. The zero-order valence-corrected chi connectivity index (χ0v) is 16.1. The van der Waals surface area contributed by atoms with E-state index in [-0.39, 0.29) is 17.8 Å². The van der Waals surface area contributed by atoms with Crippen LogP contribution in [0.4, 0.5) is 0 Å². The van der Waals surface area contributed by atoms with Crippen LogP contribution in [0.5, 0.6) is 0 Å². The Balaban J connectivity index is 1.61. The highest BCUT2D eigenvalue weighted by Gasteiger charge is 2.49. The number of benzene rings is 2. The molecule has 2 aliphatic heterocycles. The largest absolute Gasteiger partial charge is 0.469 e. The van der Waals surface area contributed by atoms with Gasteiger partial charge in [0.1, 0.15) is 0 Å². The Kier molecular flexibility index (Phi) is 4.88. The van der Waals surface area contributed by atoms with Crippen molar-refractivity contribution in [3.8, 4) is 0 Å². The standard InChI is InChI=1S/C24H27NO2/c1-16(17-7-5-4-6-8-17)18-9-11-19(12-10-18)21-15-20-13-14-22(25(20)2)23(21)24(26)27-3/h4-12,20-23H,1,13-15H2,2-3H3/t20-,21-,22?,23?/m1/s1. The monoisotopic (exact) mass is 361 g/mol.